The molecule has 0 spiro atoms. The lowest BCUT2D eigenvalue weighted by Crippen LogP contribution is -2.52. The number of para-hydroxylation sites is 1. The minimum atomic E-state index is -0.576. The summed E-state index contributed by atoms with van der Waals surface area (Å²) in [4.78, 5) is 12.4. The van der Waals surface area contributed by atoms with E-state index in [2.05, 4.69) is 0 Å². The molecule has 3 nitrogen and oxygen atoms in total. The number of carbonyl (C=O) groups is 1. The first-order chi connectivity index (χ1) is 8.20. The first kappa shape index (κ1) is 14.7. The van der Waals surface area contributed by atoms with Gasteiger partial charge in [-0.25, -0.2) is 0 Å². The van der Waals surface area contributed by atoms with Crippen molar-refractivity contribution in [2.75, 3.05) is 7.11 Å². The van der Waals surface area contributed by atoms with E-state index < -0.39 is 11.0 Å². The molecule has 3 heteroatoms. The molecule has 100 valence electrons. The first-order valence-electron chi connectivity index (χ1n) is 6.14. The van der Waals surface area contributed by atoms with Crippen LogP contribution in [0.15, 0.2) is 24.3 Å². The predicted molar refractivity (Wildman–Crippen MR) is 73.8 cm³/mol. The first-order valence-corrected chi connectivity index (χ1v) is 6.14. The fourth-order valence-corrected chi connectivity index (χ4v) is 1.60. The lowest BCUT2D eigenvalue weighted by atomic mass is 9.70. The van der Waals surface area contributed by atoms with Crippen molar-refractivity contribution in [1.82, 2.24) is 0 Å². The van der Waals surface area contributed by atoms with Crippen molar-refractivity contribution in [2.24, 2.45) is 11.1 Å². The molecule has 0 saturated carbocycles. The monoisotopic (exact) mass is 249 g/mol. The van der Waals surface area contributed by atoms with Crippen molar-refractivity contribution < 1.29 is 9.53 Å². The van der Waals surface area contributed by atoms with Crippen molar-refractivity contribution in [2.45, 2.75) is 39.7 Å². The van der Waals surface area contributed by atoms with E-state index >= 15 is 0 Å². The molecule has 0 atom stereocenters. The van der Waals surface area contributed by atoms with E-state index in [1.165, 1.54) is 0 Å². The van der Waals surface area contributed by atoms with Crippen molar-refractivity contribution >= 4 is 5.78 Å². The summed E-state index contributed by atoms with van der Waals surface area (Å²) in [5.74, 6) is 0.871. The fraction of sp³-hybridized carbons (Fsp3) is 0.533. The molecule has 0 saturated heterocycles. The Kier molecular flexibility index (Phi) is 4.17. The summed E-state index contributed by atoms with van der Waals surface area (Å²) in [6.45, 7) is 7.55. The number of hydrogen-bond acceptors (Lipinski definition) is 3. The molecule has 0 bridgehead atoms. The van der Waals surface area contributed by atoms with Crippen LogP contribution in [0.4, 0.5) is 0 Å². The molecule has 1 aromatic rings. The smallest absolute Gasteiger partial charge is 0.144 e. The maximum Gasteiger partial charge on any atom is 0.144 e. The molecule has 0 heterocycles. The van der Waals surface area contributed by atoms with Crippen LogP contribution in [-0.2, 0) is 11.2 Å². The molecule has 0 aromatic heterocycles. The van der Waals surface area contributed by atoms with E-state index in [0.717, 1.165) is 11.3 Å². The second kappa shape index (κ2) is 5.11. The maximum atomic E-state index is 12.4. The Morgan fingerprint density at radius 3 is 2.28 bits per heavy atom. The zero-order valence-corrected chi connectivity index (χ0v) is 11.9. The van der Waals surface area contributed by atoms with Crippen LogP contribution in [0.25, 0.3) is 0 Å². The SMILES string of the molecule is COc1ccccc1CC(=O)C(C)(C)C(C)(C)N. The highest BCUT2D eigenvalue weighted by atomic mass is 16.5. The highest BCUT2D eigenvalue weighted by molar-refractivity contribution is 5.87. The highest BCUT2D eigenvalue weighted by Crippen LogP contribution is 2.31. The van der Waals surface area contributed by atoms with Crippen LogP contribution in [0, 0.1) is 5.41 Å². The van der Waals surface area contributed by atoms with Gasteiger partial charge in [0.25, 0.3) is 0 Å². The standard InChI is InChI=1S/C15H23NO2/c1-14(2,15(3,4)16)13(17)10-11-8-6-7-9-12(11)18-5/h6-9H,10,16H2,1-5H3. The Morgan fingerprint density at radius 1 is 1.22 bits per heavy atom. The molecule has 0 unspecified atom stereocenters. The molecule has 2 N–H and O–H groups in total. The lowest BCUT2D eigenvalue weighted by Gasteiger charge is -2.37. The molecule has 0 aliphatic heterocycles. The predicted octanol–water partition coefficient (Wildman–Crippen LogP) is 2.57. The number of methoxy groups -OCH3 is 1. The number of Topliss-reactive ketones (excluding diaryl/α,β-unsaturated/α-hetero) is 1. The summed E-state index contributed by atoms with van der Waals surface area (Å²) in [5, 5.41) is 0. The Hall–Kier alpha value is -1.35. The van der Waals surface area contributed by atoms with Gasteiger partial charge in [0.1, 0.15) is 11.5 Å². The van der Waals surface area contributed by atoms with Gasteiger partial charge in [0, 0.05) is 22.9 Å². The average molecular weight is 249 g/mol. The second-order valence-electron chi connectivity index (χ2n) is 5.76. The van der Waals surface area contributed by atoms with Crippen molar-refractivity contribution in [3.63, 3.8) is 0 Å². The van der Waals surface area contributed by atoms with Crippen LogP contribution < -0.4 is 10.5 Å². The van der Waals surface area contributed by atoms with Gasteiger partial charge in [0.15, 0.2) is 0 Å². The summed E-state index contributed by atoms with van der Waals surface area (Å²) >= 11 is 0. The summed E-state index contributed by atoms with van der Waals surface area (Å²) in [6, 6.07) is 7.58. The molecule has 0 amide bonds. The number of rotatable bonds is 5. The summed E-state index contributed by atoms with van der Waals surface area (Å²) < 4.78 is 5.26. The zero-order chi connectivity index (χ0) is 14.0. The summed E-state index contributed by atoms with van der Waals surface area (Å²) in [5.41, 5.74) is 5.87. The number of nitrogens with two attached hydrogens (primary N) is 1. The van der Waals surface area contributed by atoms with Crippen LogP contribution in [0.5, 0.6) is 5.75 Å². The number of ether oxygens (including phenoxy) is 1. The molecule has 1 rings (SSSR count). The molecule has 0 aliphatic carbocycles. The number of carbonyl (C=O) groups excluding carboxylic acids is 1. The number of ketones is 1. The van der Waals surface area contributed by atoms with Crippen molar-refractivity contribution in [3.05, 3.63) is 29.8 Å². The van der Waals surface area contributed by atoms with Gasteiger partial charge in [-0.2, -0.15) is 0 Å². The van der Waals surface area contributed by atoms with Gasteiger partial charge in [0.05, 0.1) is 7.11 Å². The third kappa shape index (κ3) is 2.91. The van der Waals surface area contributed by atoms with Crippen LogP contribution in [0.1, 0.15) is 33.3 Å². The van der Waals surface area contributed by atoms with E-state index in [1.54, 1.807) is 7.11 Å². The van der Waals surface area contributed by atoms with Crippen LogP contribution in [0.2, 0.25) is 0 Å². The van der Waals surface area contributed by atoms with E-state index in [-0.39, 0.29) is 5.78 Å². The number of benzene rings is 1. The van der Waals surface area contributed by atoms with E-state index in [9.17, 15) is 4.79 Å². The van der Waals surface area contributed by atoms with E-state index in [4.69, 9.17) is 10.5 Å². The largest absolute Gasteiger partial charge is 0.496 e. The molecule has 0 radical (unpaired) electrons. The molecule has 18 heavy (non-hydrogen) atoms. The zero-order valence-electron chi connectivity index (χ0n) is 11.9. The average Bonchev–Trinajstić information content (AvgIpc) is 2.28. The molecule has 1 aromatic carbocycles. The topological polar surface area (TPSA) is 52.3 Å². The van der Waals surface area contributed by atoms with E-state index in [0.29, 0.717) is 6.42 Å². The van der Waals surface area contributed by atoms with Crippen LogP contribution >= 0.6 is 0 Å². The summed E-state index contributed by atoms with van der Waals surface area (Å²) in [7, 11) is 1.61. The van der Waals surface area contributed by atoms with Crippen LogP contribution in [0.3, 0.4) is 0 Å². The maximum absolute atomic E-state index is 12.4. The second-order valence-corrected chi connectivity index (χ2v) is 5.76. The van der Waals surface area contributed by atoms with Gasteiger partial charge in [-0.3, -0.25) is 4.79 Å². The van der Waals surface area contributed by atoms with Crippen LogP contribution in [-0.4, -0.2) is 18.4 Å². The number of hydrogen-bond donors (Lipinski definition) is 1. The minimum absolute atomic E-state index is 0.125. The molecule has 0 aliphatic rings. The van der Waals surface area contributed by atoms with Crippen molar-refractivity contribution in [3.8, 4) is 5.75 Å². The third-order valence-electron chi connectivity index (χ3n) is 3.85. The van der Waals surface area contributed by atoms with Crippen molar-refractivity contribution in [1.29, 1.82) is 0 Å². The fourth-order valence-electron chi connectivity index (χ4n) is 1.60. The Labute approximate surface area is 109 Å². The van der Waals surface area contributed by atoms with Gasteiger partial charge < -0.3 is 10.5 Å². The molecular formula is C15H23NO2. The van der Waals surface area contributed by atoms with Gasteiger partial charge in [-0.05, 0) is 19.9 Å². The summed E-state index contributed by atoms with van der Waals surface area (Å²) in [6.07, 6.45) is 0.345. The minimum Gasteiger partial charge on any atom is -0.496 e. The highest BCUT2D eigenvalue weighted by Gasteiger charge is 2.39. The van der Waals surface area contributed by atoms with Gasteiger partial charge in [-0.1, -0.05) is 32.0 Å². The van der Waals surface area contributed by atoms with E-state index in [1.807, 2.05) is 52.0 Å². The van der Waals surface area contributed by atoms with Gasteiger partial charge >= 0.3 is 0 Å². The molecular weight excluding hydrogens is 226 g/mol. The Morgan fingerprint density at radius 2 is 1.78 bits per heavy atom. The Bertz CT molecular complexity index is 430. The molecule has 0 fully saturated rings. The van der Waals surface area contributed by atoms with Gasteiger partial charge in [0.2, 0.25) is 0 Å². The van der Waals surface area contributed by atoms with Gasteiger partial charge in [-0.15, -0.1) is 0 Å². The normalized spacial score (nSPS) is 12.3. The third-order valence-corrected chi connectivity index (χ3v) is 3.85. The lowest BCUT2D eigenvalue weighted by molar-refractivity contribution is -0.129. The quantitative estimate of drug-likeness (QED) is 0.872. The Balaban J connectivity index is 2.95.